The SMILES string of the molecule is CCC(C)NC(=O)C(CC)N(Cc1ccc(F)cc1)C(=O)CN(c1ccc(OC)cc1)S(=O)(=O)c1ccc(C)c([N+](=O)[O-])c1. The number of sulfonamides is 1. The van der Waals surface area contributed by atoms with E-state index >= 15 is 0 Å². The second kappa shape index (κ2) is 14.8. The van der Waals surface area contributed by atoms with Crippen molar-refractivity contribution in [2.75, 3.05) is 18.0 Å². The minimum atomic E-state index is -4.54. The smallest absolute Gasteiger partial charge is 0.273 e. The number of halogens is 1. The van der Waals surface area contributed by atoms with E-state index in [-0.39, 0.29) is 35.2 Å². The van der Waals surface area contributed by atoms with Crippen molar-refractivity contribution in [1.29, 1.82) is 0 Å². The summed E-state index contributed by atoms with van der Waals surface area (Å²) in [5.41, 5.74) is 0.506. The number of nitrogens with zero attached hydrogens (tertiary/aromatic N) is 3. The average Bonchev–Trinajstić information content (AvgIpc) is 3.00. The minimum Gasteiger partial charge on any atom is -0.497 e. The topological polar surface area (TPSA) is 139 Å². The molecule has 0 saturated carbocycles. The van der Waals surface area contributed by atoms with Crippen LogP contribution in [0.2, 0.25) is 0 Å². The van der Waals surface area contributed by atoms with E-state index in [4.69, 9.17) is 4.74 Å². The van der Waals surface area contributed by atoms with Gasteiger partial charge < -0.3 is 15.0 Å². The second-order valence-corrected chi connectivity index (χ2v) is 12.2. The number of hydrogen-bond donors (Lipinski definition) is 1. The maximum Gasteiger partial charge on any atom is 0.273 e. The normalized spacial score (nSPS) is 12.6. The van der Waals surface area contributed by atoms with Gasteiger partial charge in [-0.2, -0.15) is 0 Å². The van der Waals surface area contributed by atoms with Crippen molar-refractivity contribution >= 4 is 33.2 Å². The fraction of sp³-hybridized carbons (Fsp3) is 0.355. The highest BCUT2D eigenvalue weighted by molar-refractivity contribution is 7.92. The third-order valence-electron chi connectivity index (χ3n) is 7.26. The molecule has 2 atom stereocenters. The molecule has 11 nitrogen and oxygen atoms in total. The Hall–Kier alpha value is -4.52. The predicted octanol–water partition coefficient (Wildman–Crippen LogP) is 4.97. The van der Waals surface area contributed by atoms with E-state index in [0.29, 0.717) is 17.7 Å². The lowest BCUT2D eigenvalue weighted by Crippen LogP contribution is -2.53. The van der Waals surface area contributed by atoms with Crippen LogP contribution in [0, 0.1) is 22.9 Å². The van der Waals surface area contributed by atoms with Gasteiger partial charge in [0.05, 0.1) is 22.6 Å². The Morgan fingerprint density at radius 1 is 1.02 bits per heavy atom. The minimum absolute atomic E-state index is 0.0983. The molecule has 0 aliphatic heterocycles. The number of ether oxygens (including phenoxy) is 1. The first-order valence-corrected chi connectivity index (χ1v) is 15.5. The summed E-state index contributed by atoms with van der Waals surface area (Å²) in [5, 5.41) is 14.5. The van der Waals surface area contributed by atoms with Crippen LogP contribution in [0.15, 0.2) is 71.6 Å². The van der Waals surface area contributed by atoms with Crippen LogP contribution in [0.5, 0.6) is 5.75 Å². The monoisotopic (exact) mass is 628 g/mol. The molecule has 0 radical (unpaired) electrons. The molecule has 3 aromatic carbocycles. The third kappa shape index (κ3) is 8.10. The van der Waals surface area contributed by atoms with Crippen molar-refractivity contribution in [1.82, 2.24) is 10.2 Å². The summed E-state index contributed by atoms with van der Waals surface area (Å²) in [7, 11) is -3.09. The van der Waals surface area contributed by atoms with Gasteiger partial charge in [-0.1, -0.05) is 32.0 Å². The largest absolute Gasteiger partial charge is 0.497 e. The molecule has 0 aliphatic rings. The van der Waals surface area contributed by atoms with Crippen LogP contribution in [0.1, 0.15) is 44.7 Å². The van der Waals surface area contributed by atoms with Gasteiger partial charge >= 0.3 is 0 Å². The molecular weight excluding hydrogens is 591 g/mol. The van der Waals surface area contributed by atoms with E-state index in [9.17, 15) is 32.5 Å². The standard InChI is InChI=1S/C31H37FN4O7S/c1-6-22(4)33-31(38)28(7-2)34(19-23-9-11-24(32)12-10-23)30(37)20-35(25-13-15-26(43-5)16-14-25)44(41,42)27-17-8-21(3)29(18-27)36(39)40/h8-18,22,28H,6-7,19-20H2,1-5H3,(H,33,38). The molecule has 3 aromatic rings. The Kier molecular flexibility index (Phi) is 11.4. The van der Waals surface area contributed by atoms with Gasteiger partial charge in [-0.3, -0.25) is 24.0 Å². The highest BCUT2D eigenvalue weighted by Crippen LogP contribution is 2.29. The molecule has 1 N–H and O–H groups in total. The molecule has 2 unspecified atom stereocenters. The van der Waals surface area contributed by atoms with Gasteiger partial charge in [0.25, 0.3) is 15.7 Å². The van der Waals surface area contributed by atoms with Gasteiger partial charge in [0.1, 0.15) is 24.2 Å². The van der Waals surface area contributed by atoms with Crippen molar-refractivity contribution in [3.05, 3.63) is 93.8 Å². The first-order valence-electron chi connectivity index (χ1n) is 14.1. The number of carbonyl (C=O) groups excluding carboxylic acids is 2. The number of rotatable bonds is 14. The summed E-state index contributed by atoms with van der Waals surface area (Å²) in [6.45, 7) is 6.12. The molecule has 0 saturated heterocycles. The Balaban J connectivity index is 2.11. The molecule has 0 spiro atoms. The highest BCUT2D eigenvalue weighted by atomic mass is 32.2. The van der Waals surface area contributed by atoms with Gasteiger partial charge in [-0.15, -0.1) is 0 Å². The second-order valence-electron chi connectivity index (χ2n) is 10.3. The molecule has 13 heteroatoms. The van der Waals surface area contributed by atoms with E-state index in [1.54, 1.807) is 6.92 Å². The molecule has 0 fully saturated rings. The Morgan fingerprint density at radius 2 is 1.66 bits per heavy atom. The molecular formula is C31H37FN4O7S. The first kappa shape index (κ1) is 34.0. The fourth-order valence-corrected chi connectivity index (χ4v) is 5.93. The van der Waals surface area contributed by atoms with Gasteiger partial charge in [0.15, 0.2) is 0 Å². The Bertz CT molecular complexity index is 1580. The van der Waals surface area contributed by atoms with E-state index in [0.717, 1.165) is 10.4 Å². The van der Waals surface area contributed by atoms with Gasteiger partial charge in [0, 0.05) is 24.2 Å². The molecule has 3 rings (SSSR count). The molecule has 0 aromatic heterocycles. The summed E-state index contributed by atoms with van der Waals surface area (Å²) in [5.74, 6) is -1.15. The van der Waals surface area contributed by atoms with Crippen LogP contribution in [0.25, 0.3) is 0 Å². The van der Waals surface area contributed by atoms with Crippen LogP contribution < -0.4 is 14.4 Å². The summed E-state index contributed by atoms with van der Waals surface area (Å²) in [6.07, 6.45) is 0.870. The van der Waals surface area contributed by atoms with Crippen LogP contribution in [-0.2, 0) is 26.2 Å². The average molecular weight is 629 g/mol. The molecule has 236 valence electrons. The number of anilines is 1. The van der Waals surface area contributed by atoms with Gasteiger partial charge in [-0.05, 0) is 74.7 Å². The van der Waals surface area contributed by atoms with Crippen LogP contribution in [-0.4, -0.2) is 55.8 Å². The number of nitrogens with one attached hydrogen (secondary N) is 1. The summed E-state index contributed by atoms with van der Waals surface area (Å²) in [6, 6.07) is 13.7. The van der Waals surface area contributed by atoms with E-state index in [1.807, 2.05) is 13.8 Å². The number of aryl methyl sites for hydroxylation is 1. The maximum absolute atomic E-state index is 14.1. The van der Waals surface area contributed by atoms with E-state index in [1.165, 1.54) is 79.6 Å². The molecule has 0 aliphatic carbocycles. The lowest BCUT2D eigenvalue weighted by molar-refractivity contribution is -0.385. The lowest BCUT2D eigenvalue weighted by Gasteiger charge is -2.33. The van der Waals surface area contributed by atoms with Crippen LogP contribution in [0.4, 0.5) is 15.8 Å². The molecule has 0 bridgehead atoms. The van der Waals surface area contributed by atoms with Crippen molar-refractivity contribution < 1.29 is 32.1 Å². The third-order valence-corrected chi connectivity index (χ3v) is 9.03. The lowest BCUT2D eigenvalue weighted by atomic mass is 10.1. The predicted molar refractivity (Wildman–Crippen MR) is 164 cm³/mol. The zero-order valence-corrected chi connectivity index (χ0v) is 26.1. The number of nitro benzene ring substituents is 1. The van der Waals surface area contributed by atoms with Crippen LogP contribution >= 0.6 is 0 Å². The number of nitro groups is 1. The maximum atomic E-state index is 14.1. The number of methoxy groups -OCH3 is 1. The highest BCUT2D eigenvalue weighted by Gasteiger charge is 2.34. The molecule has 0 heterocycles. The van der Waals surface area contributed by atoms with Crippen LogP contribution in [0.3, 0.4) is 0 Å². The number of hydrogen-bond acceptors (Lipinski definition) is 7. The quantitative estimate of drug-likeness (QED) is 0.196. The van der Waals surface area contributed by atoms with Crippen molar-refractivity contribution in [3.63, 3.8) is 0 Å². The summed E-state index contributed by atoms with van der Waals surface area (Å²) < 4.78 is 47.8. The zero-order valence-electron chi connectivity index (χ0n) is 25.3. The first-order chi connectivity index (χ1) is 20.8. The van der Waals surface area contributed by atoms with E-state index in [2.05, 4.69) is 5.32 Å². The number of benzene rings is 3. The Morgan fingerprint density at radius 3 is 2.20 bits per heavy atom. The summed E-state index contributed by atoms with van der Waals surface area (Å²) in [4.78, 5) is 39.3. The van der Waals surface area contributed by atoms with Crippen molar-refractivity contribution in [3.8, 4) is 5.75 Å². The van der Waals surface area contributed by atoms with Crippen molar-refractivity contribution in [2.45, 2.75) is 64.1 Å². The fourth-order valence-electron chi connectivity index (χ4n) is 4.50. The Labute approximate surface area is 256 Å². The molecule has 2 amide bonds. The van der Waals surface area contributed by atoms with Crippen molar-refractivity contribution in [2.24, 2.45) is 0 Å². The van der Waals surface area contributed by atoms with Gasteiger partial charge in [0.2, 0.25) is 11.8 Å². The zero-order chi connectivity index (χ0) is 32.6. The summed E-state index contributed by atoms with van der Waals surface area (Å²) >= 11 is 0. The van der Waals surface area contributed by atoms with Gasteiger partial charge in [-0.25, -0.2) is 12.8 Å². The van der Waals surface area contributed by atoms with E-state index < -0.39 is 50.9 Å². The molecule has 44 heavy (non-hydrogen) atoms. The number of amides is 2. The number of carbonyl (C=O) groups is 2.